The maximum atomic E-state index is 12.9. The number of nitrogens with one attached hydrogen (secondary N) is 1. The number of benzene rings is 1. The predicted octanol–water partition coefficient (Wildman–Crippen LogP) is 4.09. The second-order valence-electron chi connectivity index (χ2n) is 7.04. The summed E-state index contributed by atoms with van der Waals surface area (Å²) in [5.41, 5.74) is 4.15. The summed E-state index contributed by atoms with van der Waals surface area (Å²) >= 11 is 3.48. The number of esters is 2. The maximum Gasteiger partial charge on any atom is 0.338 e. The lowest BCUT2D eigenvalue weighted by molar-refractivity contribution is -0.139. The van der Waals surface area contributed by atoms with Crippen molar-refractivity contribution in [1.82, 2.24) is 5.32 Å². The normalized spacial score (nSPS) is 18.2. The zero-order valence-corrected chi connectivity index (χ0v) is 19.3. The smallest absolute Gasteiger partial charge is 0.338 e. The Hall–Kier alpha value is -3.00. The summed E-state index contributed by atoms with van der Waals surface area (Å²) < 4.78 is 10.7. The van der Waals surface area contributed by atoms with Crippen molar-refractivity contribution < 1.29 is 19.1 Å². The number of ether oxygens (including phenoxy) is 2. The monoisotopic (exact) mass is 485 g/mol. The van der Waals surface area contributed by atoms with E-state index in [1.165, 1.54) is 6.92 Å². The fourth-order valence-electron chi connectivity index (χ4n) is 3.41. The molecular weight excluding hydrogens is 462 g/mol. The third-order valence-electron chi connectivity index (χ3n) is 4.84. The molecule has 8 heteroatoms. The molecule has 0 amide bonds. The molecule has 1 atom stereocenters. The van der Waals surface area contributed by atoms with Crippen LogP contribution < -0.4 is 10.1 Å². The molecule has 162 valence electrons. The molecule has 0 bridgehead atoms. The standard InChI is InChI=1S/C23H24BrN3O4/c1-5-30-23(29)20-18(12-24)26-22(17-11-13(2)9-10-25-17)27-21(20)16-7-6-8-19(14(16)3)31-15(4)28/h6-10,21H,2,5,11-12H2,1,3-4H3,(H,26,27). The Labute approximate surface area is 189 Å². The van der Waals surface area contributed by atoms with E-state index in [1.54, 1.807) is 25.3 Å². The van der Waals surface area contributed by atoms with E-state index in [1.807, 2.05) is 19.1 Å². The Balaban J connectivity index is 2.16. The Kier molecular flexibility index (Phi) is 7.22. The number of halogens is 1. The van der Waals surface area contributed by atoms with Crippen molar-refractivity contribution in [2.75, 3.05) is 11.9 Å². The Morgan fingerprint density at radius 3 is 2.77 bits per heavy atom. The van der Waals surface area contributed by atoms with E-state index in [-0.39, 0.29) is 6.61 Å². The van der Waals surface area contributed by atoms with E-state index in [9.17, 15) is 9.59 Å². The molecule has 0 fully saturated rings. The van der Waals surface area contributed by atoms with Crippen molar-refractivity contribution in [3.05, 3.63) is 65.0 Å². The number of rotatable bonds is 6. The van der Waals surface area contributed by atoms with Gasteiger partial charge in [0.15, 0.2) is 0 Å². The summed E-state index contributed by atoms with van der Waals surface area (Å²) in [6.45, 7) is 9.19. The molecule has 1 N–H and O–H groups in total. The zero-order chi connectivity index (χ0) is 22.5. The molecule has 31 heavy (non-hydrogen) atoms. The van der Waals surface area contributed by atoms with Gasteiger partial charge in [-0.3, -0.25) is 14.8 Å². The Morgan fingerprint density at radius 1 is 1.35 bits per heavy atom. The summed E-state index contributed by atoms with van der Waals surface area (Å²) in [5.74, 6) is 0.119. The first kappa shape index (κ1) is 22.7. The summed E-state index contributed by atoms with van der Waals surface area (Å²) in [7, 11) is 0. The van der Waals surface area contributed by atoms with Gasteiger partial charge in [-0.2, -0.15) is 0 Å². The Morgan fingerprint density at radius 2 is 2.13 bits per heavy atom. The van der Waals surface area contributed by atoms with Gasteiger partial charge in [0.25, 0.3) is 0 Å². The molecule has 2 aliphatic heterocycles. The van der Waals surface area contributed by atoms with Crippen molar-refractivity contribution >= 4 is 39.4 Å². The fourth-order valence-corrected chi connectivity index (χ4v) is 3.85. The summed E-state index contributed by atoms with van der Waals surface area (Å²) in [4.78, 5) is 33.7. The van der Waals surface area contributed by atoms with Gasteiger partial charge in [-0.25, -0.2) is 4.79 Å². The highest BCUT2D eigenvalue weighted by Gasteiger charge is 2.34. The SMILES string of the molecule is C=C1C=CN=C(C2=NC(c3cccc(OC(C)=O)c3C)C(C(=O)OCC)=C(CBr)N2)C1. The second kappa shape index (κ2) is 9.87. The molecular formula is C23H24BrN3O4. The number of alkyl halides is 1. The van der Waals surface area contributed by atoms with Gasteiger partial charge in [-0.1, -0.05) is 34.6 Å². The van der Waals surface area contributed by atoms with Crippen LogP contribution in [0.5, 0.6) is 5.75 Å². The topological polar surface area (TPSA) is 89.4 Å². The summed E-state index contributed by atoms with van der Waals surface area (Å²) in [5, 5.41) is 3.63. The van der Waals surface area contributed by atoms with Gasteiger partial charge < -0.3 is 14.8 Å². The van der Waals surface area contributed by atoms with Crippen LogP contribution in [0.15, 0.2) is 63.9 Å². The van der Waals surface area contributed by atoms with Gasteiger partial charge in [-0.15, -0.1) is 0 Å². The summed E-state index contributed by atoms with van der Waals surface area (Å²) in [6.07, 6.45) is 4.08. The van der Waals surface area contributed by atoms with Crippen LogP contribution in [-0.4, -0.2) is 35.4 Å². The van der Waals surface area contributed by atoms with Crippen LogP contribution in [0.2, 0.25) is 0 Å². The quantitative estimate of drug-likeness (QED) is 0.372. The van der Waals surface area contributed by atoms with Crippen LogP contribution in [0.1, 0.15) is 37.4 Å². The number of aliphatic imine (C=N–C) groups is 2. The molecule has 0 aliphatic carbocycles. The lowest BCUT2D eigenvalue weighted by Gasteiger charge is -2.29. The van der Waals surface area contributed by atoms with Gasteiger partial charge in [-0.05, 0) is 42.7 Å². The van der Waals surface area contributed by atoms with E-state index in [0.29, 0.717) is 34.6 Å². The number of hydrogen-bond acceptors (Lipinski definition) is 7. The van der Waals surface area contributed by atoms with Gasteiger partial charge in [0.1, 0.15) is 17.6 Å². The first-order valence-corrected chi connectivity index (χ1v) is 11.0. The van der Waals surface area contributed by atoms with Gasteiger partial charge in [0.05, 0.1) is 17.9 Å². The van der Waals surface area contributed by atoms with Crippen LogP contribution >= 0.6 is 15.9 Å². The van der Waals surface area contributed by atoms with Crippen LogP contribution in [0.4, 0.5) is 0 Å². The fraction of sp³-hybridized carbons (Fsp3) is 0.304. The third-order valence-corrected chi connectivity index (χ3v) is 5.40. The van der Waals surface area contributed by atoms with E-state index < -0.39 is 18.0 Å². The molecule has 1 aromatic rings. The highest BCUT2D eigenvalue weighted by Crippen LogP contribution is 2.37. The molecule has 0 aromatic heterocycles. The second-order valence-corrected chi connectivity index (χ2v) is 7.60. The molecule has 7 nitrogen and oxygen atoms in total. The van der Waals surface area contributed by atoms with Crippen molar-refractivity contribution in [3.63, 3.8) is 0 Å². The molecule has 1 aromatic carbocycles. The minimum absolute atomic E-state index is 0.241. The predicted molar refractivity (Wildman–Crippen MR) is 124 cm³/mol. The van der Waals surface area contributed by atoms with Crippen LogP contribution in [0, 0.1) is 6.92 Å². The zero-order valence-electron chi connectivity index (χ0n) is 17.7. The molecule has 0 saturated carbocycles. The first-order valence-electron chi connectivity index (χ1n) is 9.85. The lowest BCUT2D eigenvalue weighted by atomic mass is 9.91. The highest BCUT2D eigenvalue weighted by atomic mass is 79.9. The molecule has 0 saturated heterocycles. The highest BCUT2D eigenvalue weighted by molar-refractivity contribution is 9.09. The summed E-state index contributed by atoms with van der Waals surface area (Å²) in [6, 6.07) is 4.70. The Bertz CT molecular complexity index is 1050. The van der Waals surface area contributed by atoms with Crippen LogP contribution in [0.25, 0.3) is 0 Å². The number of hydrogen-bond donors (Lipinski definition) is 1. The number of carbonyl (C=O) groups excluding carboxylic acids is 2. The molecule has 2 heterocycles. The minimum Gasteiger partial charge on any atom is -0.463 e. The van der Waals surface area contributed by atoms with Crippen molar-refractivity contribution in [2.24, 2.45) is 9.98 Å². The van der Waals surface area contributed by atoms with Crippen molar-refractivity contribution in [1.29, 1.82) is 0 Å². The van der Waals surface area contributed by atoms with Crippen LogP contribution in [-0.2, 0) is 14.3 Å². The van der Waals surface area contributed by atoms with E-state index in [0.717, 1.165) is 22.4 Å². The molecule has 0 spiro atoms. The average Bonchev–Trinajstić information content (AvgIpc) is 2.74. The lowest BCUT2D eigenvalue weighted by Crippen LogP contribution is -2.39. The third kappa shape index (κ3) is 5.02. The molecule has 3 rings (SSSR count). The van der Waals surface area contributed by atoms with E-state index in [4.69, 9.17) is 14.5 Å². The molecule has 1 unspecified atom stereocenters. The maximum absolute atomic E-state index is 12.9. The van der Waals surface area contributed by atoms with Gasteiger partial charge in [0, 0.05) is 30.6 Å². The van der Waals surface area contributed by atoms with Crippen LogP contribution in [0.3, 0.4) is 0 Å². The van der Waals surface area contributed by atoms with Crippen molar-refractivity contribution in [2.45, 2.75) is 33.2 Å². The largest absolute Gasteiger partial charge is 0.463 e. The van der Waals surface area contributed by atoms with Crippen molar-refractivity contribution in [3.8, 4) is 5.75 Å². The minimum atomic E-state index is -0.653. The average molecular weight is 486 g/mol. The number of allylic oxidation sites excluding steroid dienone is 3. The molecule has 0 radical (unpaired) electrons. The van der Waals surface area contributed by atoms with E-state index in [2.05, 4.69) is 32.8 Å². The van der Waals surface area contributed by atoms with Gasteiger partial charge >= 0.3 is 11.9 Å². The first-order chi connectivity index (χ1) is 14.8. The number of carbonyl (C=O) groups is 2. The molecule has 2 aliphatic rings. The number of nitrogens with zero attached hydrogens (tertiary/aromatic N) is 2. The van der Waals surface area contributed by atoms with E-state index >= 15 is 0 Å². The number of amidine groups is 1. The van der Waals surface area contributed by atoms with Gasteiger partial charge in [0.2, 0.25) is 0 Å².